The van der Waals surface area contributed by atoms with Crippen molar-refractivity contribution in [2.45, 2.75) is 18.9 Å². The maximum absolute atomic E-state index is 9.66. The molecular formula is C12H14BrN3O2. The molecule has 0 aliphatic rings. The average Bonchev–Trinajstić information content (AvgIpc) is 2.78. The van der Waals surface area contributed by atoms with E-state index in [0.717, 1.165) is 10.0 Å². The third kappa shape index (κ3) is 3.38. The van der Waals surface area contributed by atoms with Crippen molar-refractivity contribution in [1.29, 1.82) is 0 Å². The summed E-state index contributed by atoms with van der Waals surface area (Å²) in [6.07, 6.45) is 0.204. The molecule has 0 saturated carbocycles. The van der Waals surface area contributed by atoms with E-state index in [0.29, 0.717) is 25.2 Å². The number of hydrogen-bond acceptors (Lipinski definition) is 5. The second-order valence-electron chi connectivity index (χ2n) is 3.95. The highest BCUT2D eigenvalue weighted by Gasteiger charge is 2.15. The van der Waals surface area contributed by atoms with Crippen molar-refractivity contribution in [2.75, 3.05) is 6.54 Å². The number of nitrogens with two attached hydrogens (primary N) is 1. The van der Waals surface area contributed by atoms with Crippen molar-refractivity contribution < 1.29 is 9.63 Å². The number of hydrogen-bond donors (Lipinski definition) is 2. The first-order valence-corrected chi connectivity index (χ1v) is 6.43. The van der Waals surface area contributed by atoms with Crippen LogP contribution in [0.5, 0.6) is 0 Å². The molecule has 0 spiro atoms. The minimum Gasteiger partial charge on any atom is -0.383 e. The normalized spacial score (nSPS) is 12.6. The van der Waals surface area contributed by atoms with Gasteiger partial charge in [-0.25, -0.2) is 0 Å². The van der Waals surface area contributed by atoms with Crippen molar-refractivity contribution in [2.24, 2.45) is 5.73 Å². The summed E-state index contributed by atoms with van der Waals surface area (Å²) < 4.78 is 6.01. The summed E-state index contributed by atoms with van der Waals surface area (Å²) in [7, 11) is 0. The second kappa shape index (κ2) is 6.08. The Kier molecular flexibility index (Phi) is 4.46. The molecule has 1 aromatic heterocycles. The third-order valence-electron chi connectivity index (χ3n) is 2.46. The summed E-state index contributed by atoms with van der Waals surface area (Å²) in [6, 6.07) is 7.88. The van der Waals surface area contributed by atoms with E-state index in [1.54, 1.807) is 0 Å². The highest BCUT2D eigenvalue weighted by atomic mass is 79.9. The SMILES string of the molecule is NCC[C@H](O)c1nc(Cc2cccc(Br)c2)no1. The molecule has 1 heterocycles. The van der Waals surface area contributed by atoms with Gasteiger partial charge in [-0.3, -0.25) is 0 Å². The molecule has 0 fully saturated rings. The molecule has 2 rings (SSSR count). The Labute approximate surface area is 113 Å². The van der Waals surface area contributed by atoms with Crippen molar-refractivity contribution in [1.82, 2.24) is 10.1 Å². The van der Waals surface area contributed by atoms with Gasteiger partial charge in [-0.05, 0) is 30.7 Å². The summed E-state index contributed by atoms with van der Waals surface area (Å²) in [5.74, 6) is 0.782. The van der Waals surface area contributed by atoms with Crippen LogP contribution in [0.15, 0.2) is 33.3 Å². The number of aliphatic hydroxyl groups excluding tert-OH is 1. The summed E-state index contributed by atoms with van der Waals surface area (Å²) in [6.45, 7) is 0.379. The zero-order valence-corrected chi connectivity index (χ0v) is 11.3. The maximum Gasteiger partial charge on any atom is 0.255 e. The van der Waals surface area contributed by atoms with Crippen LogP contribution in [-0.4, -0.2) is 21.8 Å². The Bertz CT molecular complexity index is 516. The van der Waals surface area contributed by atoms with Gasteiger partial charge in [-0.1, -0.05) is 33.2 Å². The Hall–Kier alpha value is -1.24. The van der Waals surface area contributed by atoms with Crippen LogP contribution >= 0.6 is 15.9 Å². The minimum atomic E-state index is -0.779. The summed E-state index contributed by atoms with van der Waals surface area (Å²) >= 11 is 3.41. The third-order valence-corrected chi connectivity index (χ3v) is 2.95. The Morgan fingerprint density at radius 3 is 3.00 bits per heavy atom. The fourth-order valence-corrected chi connectivity index (χ4v) is 2.03. The molecule has 0 radical (unpaired) electrons. The summed E-state index contributed by atoms with van der Waals surface area (Å²) in [5, 5.41) is 13.5. The number of aromatic nitrogens is 2. The van der Waals surface area contributed by atoms with Crippen LogP contribution in [0.4, 0.5) is 0 Å². The van der Waals surface area contributed by atoms with Crippen LogP contribution in [-0.2, 0) is 6.42 Å². The van der Waals surface area contributed by atoms with Gasteiger partial charge in [-0.2, -0.15) is 4.98 Å². The molecule has 96 valence electrons. The number of rotatable bonds is 5. The van der Waals surface area contributed by atoms with Crippen LogP contribution in [0.2, 0.25) is 0 Å². The van der Waals surface area contributed by atoms with Crippen molar-refractivity contribution >= 4 is 15.9 Å². The Morgan fingerprint density at radius 2 is 2.28 bits per heavy atom. The highest BCUT2D eigenvalue weighted by molar-refractivity contribution is 9.10. The quantitative estimate of drug-likeness (QED) is 0.879. The average molecular weight is 312 g/mol. The van der Waals surface area contributed by atoms with E-state index >= 15 is 0 Å². The van der Waals surface area contributed by atoms with Gasteiger partial charge in [0.2, 0.25) is 0 Å². The predicted octanol–water partition coefficient (Wildman–Crippen LogP) is 1.81. The summed E-state index contributed by atoms with van der Waals surface area (Å²) in [5.41, 5.74) is 6.43. The van der Waals surface area contributed by atoms with Gasteiger partial charge in [0.1, 0.15) is 6.10 Å². The van der Waals surface area contributed by atoms with Crippen LogP contribution in [0.25, 0.3) is 0 Å². The molecule has 0 bridgehead atoms. The fraction of sp³-hybridized carbons (Fsp3) is 0.333. The zero-order valence-electron chi connectivity index (χ0n) is 9.71. The Morgan fingerprint density at radius 1 is 1.44 bits per heavy atom. The molecule has 1 atom stereocenters. The lowest BCUT2D eigenvalue weighted by Gasteiger charge is -2.01. The first-order valence-electron chi connectivity index (χ1n) is 5.64. The van der Waals surface area contributed by atoms with Gasteiger partial charge in [-0.15, -0.1) is 0 Å². The molecule has 0 saturated heterocycles. The highest BCUT2D eigenvalue weighted by Crippen LogP contribution is 2.17. The van der Waals surface area contributed by atoms with Gasteiger partial charge in [0.15, 0.2) is 5.82 Å². The molecule has 0 amide bonds. The monoisotopic (exact) mass is 311 g/mol. The van der Waals surface area contributed by atoms with Gasteiger partial charge < -0.3 is 15.4 Å². The lowest BCUT2D eigenvalue weighted by molar-refractivity contribution is 0.127. The van der Waals surface area contributed by atoms with Crippen molar-refractivity contribution in [3.8, 4) is 0 Å². The topological polar surface area (TPSA) is 85.2 Å². The van der Waals surface area contributed by atoms with E-state index in [-0.39, 0.29) is 5.89 Å². The zero-order chi connectivity index (χ0) is 13.0. The molecule has 6 heteroatoms. The van der Waals surface area contributed by atoms with Crippen molar-refractivity contribution in [3.05, 3.63) is 46.0 Å². The van der Waals surface area contributed by atoms with E-state index in [2.05, 4.69) is 26.1 Å². The molecule has 0 aliphatic heterocycles. The van der Waals surface area contributed by atoms with Gasteiger partial charge in [0.25, 0.3) is 5.89 Å². The number of aliphatic hydroxyl groups is 1. The van der Waals surface area contributed by atoms with Gasteiger partial charge >= 0.3 is 0 Å². The lowest BCUT2D eigenvalue weighted by Crippen LogP contribution is -2.07. The number of nitrogens with zero attached hydrogens (tertiary/aromatic N) is 2. The van der Waals surface area contributed by atoms with Gasteiger partial charge in [0.05, 0.1) is 0 Å². The second-order valence-corrected chi connectivity index (χ2v) is 4.86. The predicted molar refractivity (Wildman–Crippen MR) is 69.9 cm³/mol. The van der Waals surface area contributed by atoms with E-state index in [9.17, 15) is 5.11 Å². The van der Waals surface area contributed by atoms with Crippen molar-refractivity contribution in [3.63, 3.8) is 0 Å². The number of benzene rings is 1. The molecule has 3 N–H and O–H groups in total. The molecule has 0 unspecified atom stereocenters. The minimum absolute atomic E-state index is 0.227. The maximum atomic E-state index is 9.66. The van der Waals surface area contributed by atoms with Gasteiger partial charge in [0, 0.05) is 10.9 Å². The standard InChI is InChI=1S/C12H14BrN3O2/c13-9-3-1-2-8(6-9)7-11-15-12(18-16-11)10(17)4-5-14/h1-3,6,10,17H,4-5,7,14H2/t10-/m0/s1. The van der Waals surface area contributed by atoms with E-state index in [1.165, 1.54) is 0 Å². The van der Waals surface area contributed by atoms with E-state index < -0.39 is 6.10 Å². The van der Waals surface area contributed by atoms with Crippen LogP contribution < -0.4 is 5.73 Å². The van der Waals surface area contributed by atoms with E-state index in [4.69, 9.17) is 10.3 Å². The lowest BCUT2D eigenvalue weighted by atomic mass is 10.1. The largest absolute Gasteiger partial charge is 0.383 e. The molecule has 0 aliphatic carbocycles. The molecular weight excluding hydrogens is 298 g/mol. The molecule has 18 heavy (non-hydrogen) atoms. The summed E-state index contributed by atoms with van der Waals surface area (Å²) in [4.78, 5) is 4.16. The first-order chi connectivity index (χ1) is 8.69. The molecule has 2 aromatic rings. The van der Waals surface area contributed by atoms with Crippen LogP contribution in [0.3, 0.4) is 0 Å². The first kappa shape index (κ1) is 13.2. The van der Waals surface area contributed by atoms with Crippen LogP contribution in [0, 0.1) is 0 Å². The smallest absolute Gasteiger partial charge is 0.255 e. The Balaban J connectivity index is 2.06. The fourth-order valence-electron chi connectivity index (χ4n) is 1.59. The van der Waals surface area contributed by atoms with E-state index in [1.807, 2.05) is 24.3 Å². The van der Waals surface area contributed by atoms with Crippen LogP contribution in [0.1, 0.15) is 29.8 Å². The molecule has 5 nitrogen and oxygen atoms in total. The molecule has 1 aromatic carbocycles. The number of halogens is 1.